The number of nitrogens with one attached hydrogen (secondary N) is 1. The van der Waals surface area contributed by atoms with E-state index in [1.54, 1.807) is 23.1 Å². The van der Waals surface area contributed by atoms with Gasteiger partial charge in [-0.05, 0) is 31.4 Å². The van der Waals surface area contributed by atoms with Crippen molar-refractivity contribution in [2.45, 2.75) is 13.8 Å². The summed E-state index contributed by atoms with van der Waals surface area (Å²) in [7, 11) is 1.68. The van der Waals surface area contributed by atoms with E-state index in [1.165, 1.54) is 0 Å². The number of methoxy groups -OCH3 is 1. The maximum atomic E-state index is 5.07. The van der Waals surface area contributed by atoms with Crippen molar-refractivity contribution in [3.63, 3.8) is 0 Å². The second kappa shape index (κ2) is 5.79. The monoisotopic (exact) mass is 303 g/mol. The van der Waals surface area contributed by atoms with E-state index in [1.807, 2.05) is 31.4 Å². The molecule has 0 atom stereocenters. The van der Waals surface area contributed by atoms with Gasteiger partial charge in [0, 0.05) is 19.3 Å². The Kier molecular flexibility index (Phi) is 3.85. The highest BCUT2D eigenvalue weighted by Gasteiger charge is 2.12. The van der Waals surface area contributed by atoms with Crippen LogP contribution in [-0.4, -0.2) is 40.0 Å². The Morgan fingerprint density at radius 2 is 2.19 bits per heavy atom. The van der Waals surface area contributed by atoms with Crippen LogP contribution in [-0.2, 0) is 4.74 Å². The molecule has 3 aromatic heterocycles. The molecule has 3 heterocycles. The van der Waals surface area contributed by atoms with Crippen molar-refractivity contribution in [2.75, 3.05) is 25.6 Å². The predicted octanol–water partition coefficient (Wildman–Crippen LogP) is 2.55. The van der Waals surface area contributed by atoms with Crippen LogP contribution in [0.4, 0.5) is 5.82 Å². The van der Waals surface area contributed by atoms with E-state index >= 15 is 0 Å². The van der Waals surface area contributed by atoms with E-state index in [4.69, 9.17) is 4.74 Å². The molecule has 21 heavy (non-hydrogen) atoms. The Hall–Kier alpha value is -1.99. The molecule has 0 spiro atoms. The summed E-state index contributed by atoms with van der Waals surface area (Å²) in [6.45, 7) is 5.30. The molecule has 0 unspecified atom stereocenters. The number of fused-ring (bicyclic) bond motifs is 1. The summed E-state index contributed by atoms with van der Waals surface area (Å²) < 4.78 is 6.85. The van der Waals surface area contributed by atoms with Gasteiger partial charge in [0.1, 0.15) is 10.6 Å². The van der Waals surface area contributed by atoms with Crippen LogP contribution in [0, 0.1) is 13.8 Å². The number of aryl methyl sites for hydroxylation is 2. The molecule has 3 rings (SSSR count). The average molecular weight is 303 g/mol. The highest BCUT2D eigenvalue weighted by molar-refractivity contribution is 7.16. The van der Waals surface area contributed by atoms with Gasteiger partial charge in [-0.2, -0.15) is 15.1 Å². The Bertz CT molecular complexity index is 764. The van der Waals surface area contributed by atoms with Crippen molar-refractivity contribution in [3.05, 3.63) is 28.9 Å². The second-order valence-corrected chi connectivity index (χ2v) is 5.66. The fourth-order valence-corrected chi connectivity index (χ4v) is 2.94. The van der Waals surface area contributed by atoms with Crippen LogP contribution in [0.2, 0.25) is 0 Å². The highest BCUT2D eigenvalue weighted by atomic mass is 32.1. The Balaban J connectivity index is 2.05. The topological polar surface area (TPSA) is 64.9 Å². The Labute approximate surface area is 126 Å². The molecule has 0 saturated heterocycles. The van der Waals surface area contributed by atoms with Crippen molar-refractivity contribution in [3.8, 4) is 5.95 Å². The number of rotatable bonds is 5. The molecule has 0 aliphatic carbocycles. The zero-order valence-corrected chi connectivity index (χ0v) is 13.1. The van der Waals surface area contributed by atoms with E-state index in [9.17, 15) is 0 Å². The standard InChI is InChI=1S/C14H17N5OS/c1-9-8-10(2)19(18-9)14-16-12(15-5-6-20-3)11-4-7-21-13(11)17-14/h4,7-8H,5-6H2,1-3H3,(H,15,16,17). The van der Waals surface area contributed by atoms with Gasteiger partial charge >= 0.3 is 0 Å². The van der Waals surface area contributed by atoms with E-state index in [2.05, 4.69) is 20.4 Å². The molecule has 0 saturated carbocycles. The van der Waals surface area contributed by atoms with Crippen molar-refractivity contribution in [1.82, 2.24) is 19.7 Å². The lowest BCUT2D eigenvalue weighted by atomic mass is 10.4. The summed E-state index contributed by atoms with van der Waals surface area (Å²) in [5.41, 5.74) is 1.97. The second-order valence-electron chi connectivity index (χ2n) is 4.77. The van der Waals surface area contributed by atoms with Crippen molar-refractivity contribution >= 4 is 27.4 Å². The maximum absolute atomic E-state index is 5.07. The number of nitrogens with zero attached hydrogens (tertiary/aromatic N) is 4. The minimum absolute atomic E-state index is 0.593. The molecule has 0 aliphatic rings. The van der Waals surface area contributed by atoms with E-state index in [-0.39, 0.29) is 0 Å². The number of thiophene rings is 1. The van der Waals surface area contributed by atoms with Crippen molar-refractivity contribution in [2.24, 2.45) is 0 Å². The molecule has 0 fully saturated rings. The average Bonchev–Trinajstić information content (AvgIpc) is 3.05. The number of hydrogen-bond donors (Lipinski definition) is 1. The minimum atomic E-state index is 0.593. The van der Waals surface area contributed by atoms with Gasteiger partial charge in [-0.1, -0.05) is 0 Å². The van der Waals surface area contributed by atoms with Gasteiger partial charge in [-0.3, -0.25) is 0 Å². The molecule has 0 amide bonds. The fourth-order valence-electron chi connectivity index (χ4n) is 2.18. The van der Waals surface area contributed by atoms with Gasteiger partial charge < -0.3 is 10.1 Å². The van der Waals surface area contributed by atoms with Crippen LogP contribution >= 0.6 is 11.3 Å². The quantitative estimate of drug-likeness (QED) is 0.734. The first-order valence-corrected chi connectivity index (χ1v) is 7.58. The van der Waals surface area contributed by atoms with Gasteiger partial charge in [0.2, 0.25) is 0 Å². The first-order valence-electron chi connectivity index (χ1n) is 6.70. The lowest BCUT2D eigenvalue weighted by Crippen LogP contribution is -2.12. The van der Waals surface area contributed by atoms with Crippen LogP contribution in [0.3, 0.4) is 0 Å². The third-order valence-electron chi connectivity index (χ3n) is 3.11. The molecular weight excluding hydrogens is 286 g/mol. The molecule has 6 nitrogen and oxygen atoms in total. The van der Waals surface area contributed by atoms with E-state index < -0.39 is 0 Å². The third-order valence-corrected chi connectivity index (χ3v) is 3.92. The third kappa shape index (κ3) is 2.74. The molecule has 0 aromatic carbocycles. The molecule has 0 aliphatic heterocycles. The summed E-state index contributed by atoms with van der Waals surface area (Å²) in [6.07, 6.45) is 0. The lowest BCUT2D eigenvalue weighted by Gasteiger charge is -2.09. The molecule has 1 N–H and O–H groups in total. The van der Waals surface area contributed by atoms with E-state index in [0.717, 1.165) is 27.4 Å². The van der Waals surface area contributed by atoms with Gasteiger partial charge in [-0.15, -0.1) is 11.3 Å². The summed E-state index contributed by atoms with van der Waals surface area (Å²) in [5.74, 6) is 1.41. The summed E-state index contributed by atoms with van der Waals surface area (Å²) in [4.78, 5) is 10.2. The summed E-state index contributed by atoms with van der Waals surface area (Å²) in [6, 6.07) is 4.04. The first-order chi connectivity index (χ1) is 10.2. The molecule has 0 radical (unpaired) electrons. The summed E-state index contributed by atoms with van der Waals surface area (Å²) >= 11 is 1.60. The minimum Gasteiger partial charge on any atom is -0.383 e. The summed E-state index contributed by atoms with van der Waals surface area (Å²) in [5, 5.41) is 10.8. The van der Waals surface area contributed by atoms with Gasteiger partial charge in [0.15, 0.2) is 0 Å². The van der Waals surface area contributed by atoms with Gasteiger partial charge in [0.25, 0.3) is 5.95 Å². The zero-order chi connectivity index (χ0) is 14.8. The number of anilines is 1. The van der Waals surface area contributed by atoms with Crippen LogP contribution < -0.4 is 5.32 Å². The smallest absolute Gasteiger partial charge is 0.254 e. The number of hydrogen-bond acceptors (Lipinski definition) is 6. The van der Waals surface area contributed by atoms with Crippen LogP contribution in [0.15, 0.2) is 17.5 Å². The van der Waals surface area contributed by atoms with Crippen molar-refractivity contribution in [1.29, 1.82) is 0 Å². The number of aromatic nitrogens is 4. The van der Waals surface area contributed by atoms with Crippen molar-refractivity contribution < 1.29 is 4.74 Å². The normalized spacial score (nSPS) is 11.2. The van der Waals surface area contributed by atoms with Crippen LogP contribution in [0.25, 0.3) is 16.2 Å². The lowest BCUT2D eigenvalue weighted by molar-refractivity contribution is 0.210. The van der Waals surface area contributed by atoms with Gasteiger partial charge in [0.05, 0.1) is 17.7 Å². The Morgan fingerprint density at radius 1 is 1.33 bits per heavy atom. The van der Waals surface area contributed by atoms with Crippen LogP contribution in [0.5, 0.6) is 0 Å². The molecule has 0 bridgehead atoms. The fraction of sp³-hybridized carbons (Fsp3) is 0.357. The van der Waals surface area contributed by atoms with Crippen LogP contribution in [0.1, 0.15) is 11.4 Å². The zero-order valence-electron chi connectivity index (χ0n) is 12.3. The molecule has 110 valence electrons. The molecule has 3 aromatic rings. The maximum Gasteiger partial charge on any atom is 0.254 e. The largest absolute Gasteiger partial charge is 0.383 e. The first kappa shape index (κ1) is 14.0. The molecule has 7 heteroatoms. The molecular formula is C14H17N5OS. The SMILES string of the molecule is COCCNc1nc(-n2nc(C)cc2C)nc2sccc12. The highest BCUT2D eigenvalue weighted by Crippen LogP contribution is 2.26. The van der Waals surface area contributed by atoms with Gasteiger partial charge in [-0.25, -0.2) is 4.68 Å². The predicted molar refractivity (Wildman–Crippen MR) is 84.4 cm³/mol. The Morgan fingerprint density at radius 3 is 2.90 bits per heavy atom. The van der Waals surface area contributed by atoms with E-state index in [0.29, 0.717) is 19.1 Å². The number of ether oxygens (including phenoxy) is 1.